The van der Waals surface area contributed by atoms with Crippen molar-refractivity contribution in [2.24, 2.45) is 0 Å². The maximum Gasteiger partial charge on any atom is 0.405 e. The van der Waals surface area contributed by atoms with Crippen LogP contribution in [0.4, 0.5) is 18.9 Å². The zero-order valence-corrected chi connectivity index (χ0v) is 9.01. The van der Waals surface area contributed by atoms with Crippen molar-refractivity contribution in [2.75, 3.05) is 18.5 Å². The van der Waals surface area contributed by atoms with E-state index in [0.29, 0.717) is 23.1 Å². The summed E-state index contributed by atoms with van der Waals surface area (Å²) in [5.74, 6) is 0. The Morgan fingerprint density at radius 1 is 1.38 bits per heavy atom. The van der Waals surface area contributed by atoms with Crippen LogP contribution in [0.3, 0.4) is 0 Å². The molecule has 0 N–H and O–H groups in total. The van der Waals surface area contributed by atoms with E-state index in [9.17, 15) is 18.0 Å². The Bertz CT molecular complexity index is 387. The second-order valence-electron chi connectivity index (χ2n) is 3.63. The van der Waals surface area contributed by atoms with E-state index < -0.39 is 12.7 Å². The van der Waals surface area contributed by atoms with Crippen LogP contribution in [0.2, 0.25) is 0 Å². The lowest BCUT2D eigenvalue weighted by Crippen LogP contribution is -2.30. The normalized spacial score (nSPS) is 11.3. The van der Waals surface area contributed by atoms with E-state index in [1.54, 1.807) is 13.0 Å². The minimum absolute atomic E-state index is 0.445. The molecule has 0 unspecified atom stereocenters. The fourth-order valence-corrected chi connectivity index (χ4v) is 1.39. The molecule has 0 bridgehead atoms. The average molecular weight is 231 g/mol. The lowest BCUT2D eigenvalue weighted by molar-refractivity contribution is -0.119. The molecule has 1 aromatic rings. The third-order valence-corrected chi connectivity index (χ3v) is 2.24. The van der Waals surface area contributed by atoms with Crippen LogP contribution in [0, 0.1) is 6.92 Å². The zero-order valence-electron chi connectivity index (χ0n) is 9.01. The summed E-state index contributed by atoms with van der Waals surface area (Å²) < 4.78 is 36.4. The van der Waals surface area contributed by atoms with Crippen molar-refractivity contribution in [3.8, 4) is 0 Å². The predicted octanol–water partition coefficient (Wildman–Crippen LogP) is 2.81. The molecule has 0 spiro atoms. The number of aryl methyl sites for hydroxylation is 1. The van der Waals surface area contributed by atoms with E-state index in [4.69, 9.17) is 0 Å². The second kappa shape index (κ2) is 4.55. The van der Waals surface area contributed by atoms with Gasteiger partial charge in [-0.2, -0.15) is 13.2 Å². The fourth-order valence-electron chi connectivity index (χ4n) is 1.39. The molecular formula is C11H12F3NO. The molecule has 88 valence electrons. The van der Waals surface area contributed by atoms with E-state index >= 15 is 0 Å². The Morgan fingerprint density at radius 2 is 2.00 bits per heavy atom. The Kier molecular flexibility index (Phi) is 3.57. The first-order chi connectivity index (χ1) is 7.33. The molecule has 0 radical (unpaired) electrons. The van der Waals surface area contributed by atoms with Gasteiger partial charge in [0, 0.05) is 18.3 Å². The molecular weight excluding hydrogens is 219 g/mol. The zero-order chi connectivity index (χ0) is 12.3. The molecule has 0 aliphatic carbocycles. The largest absolute Gasteiger partial charge is 0.405 e. The van der Waals surface area contributed by atoms with Gasteiger partial charge in [-0.05, 0) is 30.7 Å². The lowest BCUT2D eigenvalue weighted by Gasteiger charge is -2.21. The van der Waals surface area contributed by atoms with Crippen LogP contribution in [0.15, 0.2) is 18.2 Å². The minimum Gasteiger partial charge on any atom is -0.366 e. The number of aldehydes is 1. The first-order valence-corrected chi connectivity index (χ1v) is 4.67. The molecule has 0 aliphatic rings. The molecule has 1 aromatic carbocycles. The highest BCUT2D eigenvalue weighted by Gasteiger charge is 2.29. The van der Waals surface area contributed by atoms with Crippen LogP contribution >= 0.6 is 0 Å². The van der Waals surface area contributed by atoms with E-state index in [1.807, 2.05) is 0 Å². The maximum atomic E-state index is 12.1. The summed E-state index contributed by atoms with van der Waals surface area (Å²) in [6, 6.07) is 4.59. The van der Waals surface area contributed by atoms with E-state index in [1.165, 1.54) is 19.2 Å². The summed E-state index contributed by atoms with van der Waals surface area (Å²) in [5.41, 5.74) is 1.60. The summed E-state index contributed by atoms with van der Waals surface area (Å²) in [6.45, 7) is 0.682. The first kappa shape index (κ1) is 12.5. The molecule has 0 aromatic heterocycles. The van der Waals surface area contributed by atoms with Crippen molar-refractivity contribution in [1.82, 2.24) is 0 Å². The molecule has 1 rings (SSSR count). The number of hydrogen-bond acceptors (Lipinski definition) is 2. The van der Waals surface area contributed by atoms with Gasteiger partial charge in [0.05, 0.1) is 0 Å². The summed E-state index contributed by atoms with van der Waals surface area (Å²) >= 11 is 0. The summed E-state index contributed by atoms with van der Waals surface area (Å²) in [5, 5.41) is 0. The Morgan fingerprint density at radius 3 is 2.44 bits per heavy atom. The third kappa shape index (κ3) is 3.25. The molecule has 0 saturated heterocycles. The molecule has 0 heterocycles. The number of anilines is 1. The van der Waals surface area contributed by atoms with Gasteiger partial charge in [-0.15, -0.1) is 0 Å². The molecule has 2 nitrogen and oxygen atoms in total. The number of nitrogens with zero attached hydrogens (tertiary/aromatic N) is 1. The fraction of sp³-hybridized carbons (Fsp3) is 0.364. The SMILES string of the molecule is Cc1cc(N(C)CC(F)(F)F)ccc1C=O. The topological polar surface area (TPSA) is 20.3 Å². The van der Waals surface area contributed by atoms with Crippen molar-refractivity contribution in [3.05, 3.63) is 29.3 Å². The quantitative estimate of drug-likeness (QED) is 0.745. The van der Waals surface area contributed by atoms with Crippen LogP contribution in [0.25, 0.3) is 0 Å². The number of benzene rings is 1. The lowest BCUT2D eigenvalue weighted by atomic mass is 10.1. The Hall–Kier alpha value is -1.52. The van der Waals surface area contributed by atoms with Gasteiger partial charge < -0.3 is 4.90 Å². The van der Waals surface area contributed by atoms with Gasteiger partial charge >= 0.3 is 6.18 Å². The second-order valence-corrected chi connectivity index (χ2v) is 3.63. The number of rotatable bonds is 3. The van der Waals surface area contributed by atoms with Gasteiger partial charge in [0.1, 0.15) is 12.8 Å². The van der Waals surface area contributed by atoms with Crippen molar-refractivity contribution in [2.45, 2.75) is 13.1 Å². The van der Waals surface area contributed by atoms with Gasteiger partial charge in [0.2, 0.25) is 0 Å². The molecule has 0 saturated carbocycles. The van der Waals surface area contributed by atoms with Gasteiger partial charge in [-0.1, -0.05) is 0 Å². The van der Waals surface area contributed by atoms with Gasteiger partial charge in [0.15, 0.2) is 0 Å². The predicted molar refractivity (Wildman–Crippen MR) is 55.9 cm³/mol. The number of carbonyl (C=O) groups excluding carboxylic acids is 1. The number of carbonyl (C=O) groups is 1. The molecule has 0 fully saturated rings. The Balaban J connectivity index is 2.89. The standard InChI is InChI=1S/C11H12F3NO/c1-8-5-10(4-3-9(8)6-16)15(2)7-11(12,13)14/h3-6H,7H2,1-2H3. The number of hydrogen-bond donors (Lipinski definition) is 0. The Labute approximate surface area is 91.7 Å². The summed E-state index contributed by atoms with van der Waals surface area (Å²) in [7, 11) is 1.36. The monoisotopic (exact) mass is 231 g/mol. The van der Waals surface area contributed by atoms with Crippen molar-refractivity contribution in [1.29, 1.82) is 0 Å². The van der Waals surface area contributed by atoms with Crippen molar-refractivity contribution >= 4 is 12.0 Å². The van der Waals surface area contributed by atoms with Gasteiger partial charge in [0.25, 0.3) is 0 Å². The van der Waals surface area contributed by atoms with Crippen LogP contribution < -0.4 is 4.90 Å². The van der Waals surface area contributed by atoms with Crippen LogP contribution in [-0.4, -0.2) is 26.1 Å². The maximum absolute atomic E-state index is 12.1. The average Bonchev–Trinajstić information content (AvgIpc) is 2.15. The minimum atomic E-state index is -4.23. The molecule has 0 amide bonds. The third-order valence-electron chi connectivity index (χ3n) is 2.24. The van der Waals surface area contributed by atoms with Crippen molar-refractivity contribution in [3.63, 3.8) is 0 Å². The summed E-state index contributed by atoms with van der Waals surface area (Å²) in [6.07, 6.45) is -3.55. The molecule has 0 aliphatic heterocycles. The highest BCUT2D eigenvalue weighted by molar-refractivity contribution is 5.78. The highest BCUT2D eigenvalue weighted by atomic mass is 19.4. The number of halogens is 3. The van der Waals surface area contributed by atoms with Crippen LogP contribution in [-0.2, 0) is 0 Å². The number of alkyl halides is 3. The van der Waals surface area contributed by atoms with Crippen LogP contribution in [0.5, 0.6) is 0 Å². The molecule has 16 heavy (non-hydrogen) atoms. The van der Waals surface area contributed by atoms with Gasteiger partial charge in [-0.3, -0.25) is 4.79 Å². The van der Waals surface area contributed by atoms with Crippen molar-refractivity contribution < 1.29 is 18.0 Å². The highest BCUT2D eigenvalue weighted by Crippen LogP contribution is 2.22. The first-order valence-electron chi connectivity index (χ1n) is 4.67. The molecule has 0 atom stereocenters. The summed E-state index contributed by atoms with van der Waals surface area (Å²) in [4.78, 5) is 11.6. The van der Waals surface area contributed by atoms with E-state index in [2.05, 4.69) is 0 Å². The van der Waals surface area contributed by atoms with E-state index in [0.717, 1.165) is 4.90 Å². The smallest absolute Gasteiger partial charge is 0.366 e. The van der Waals surface area contributed by atoms with Gasteiger partial charge in [-0.25, -0.2) is 0 Å². The van der Waals surface area contributed by atoms with E-state index in [-0.39, 0.29) is 0 Å². The molecule has 5 heteroatoms. The van der Waals surface area contributed by atoms with Crippen LogP contribution in [0.1, 0.15) is 15.9 Å².